The van der Waals surface area contributed by atoms with Crippen molar-refractivity contribution in [1.82, 2.24) is 15.5 Å². The van der Waals surface area contributed by atoms with Crippen molar-refractivity contribution in [3.63, 3.8) is 0 Å². The Bertz CT molecular complexity index is 632. The van der Waals surface area contributed by atoms with Crippen molar-refractivity contribution >= 4 is 11.8 Å². The van der Waals surface area contributed by atoms with Gasteiger partial charge in [0, 0.05) is 25.7 Å². The van der Waals surface area contributed by atoms with Crippen molar-refractivity contribution in [2.24, 2.45) is 0 Å². The third kappa shape index (κ3) is 5.45. The van der Waals surface area contributed by atoms with E-state index < -0.39 is 17.8 Å². The van der Waals surface area contributed by atoms with Gasteiger partial charge in [-0.1, -0.05) is 18.2 Å². The van der Waals surface area contributed by atoms with Crippen LogP contribution in [-0.2, 0) is 22.3 Å². The molecule has 0 radical (unpaired) electrons. The summed E-state index contributed by atoms with van der Waals surface area (Å²) in [5.41, 5.74) is -0.264. The molecule has 0 aliphatic carbocycles. The van der Waals surface area contributed by atoms with E-state index in [9.17, 15) is 22.8 Å². The van der Waals surface area contributed by atoms with Crippen LogP contribution in [0.25, 0.3) is 0 Å². The van der Waals surface area contributed by atoms with Crippen molar-refractivity contribution in [2.75, 3.05) is 13.1 Å². The average Bonchev–Trinajstić information content (AvgIpc) is 2.49. The first kappa shape index (κ1) is 19.2. The Hall–Kier alpha value is -2.09. The molecule has 0 bridgehead atoms. The summed E-state index contributed by atoms with van der Waals surface area (Å²) in [6.07, 6.45) is -4.44. The predicted molar refractivity (Wildman–Crippen MR) is 86.5 cm³/mol. The van der Waals surface area contributed by atoms with Gasteiger partial charge in [0.15, 0.2) is 0 Å². The van der Waals surface area contributed by atoms with Gasteiger partial charge in [0.25, 0.3) is 0 Å². The maximum atomic E-state index is 12.8. The van der Waals surface area contributed by atoms with E-state index in [2.05, 4.69) is 10.6 Å². The monoisotopic (exact) mass is 357 g/mol. The van der Waals surface area contributed by atoms with Crippen molar-refractivity contribution in [3.05, 3.63) is 35.4 Å². The molecule has 1 unspecified atom stereocenters. The largest absolute Gasteiger partial charge is 0.416 e. The highest BCUT2D eigenvalue weighted by molar-refractivity contribution is 5.88. The summed E-state index contributed by atoms with van der Waals surface area (Å²) in [5, 5.41) is 5.43. The third-order valence-corrected chi connectivity index (χ3v) is 3.91. The number of alkyl halides is 3. The van der Waals surface area contributed by atoms with Crippen LogP contribution in [0.1, 0.15) is 31.4 Å². The fourth-order valence-electron chi connectivity index (χ4n) is 2.81. The standard InChI is InChI=1S/C17H22F3N3O2/c1-11(2)22-15(24)9-14-16(25)21-6-7-23(14)10-12-4-3-5-13(8-12)17(18,19)20/h3-5,8,11,14H,6-7,9-10H2,1-2H3,(H,21,25)(H,22,24). The van der Waals surface area contributed by atoms with Gasteiger partial charge in [-0.25, -0.2) is 0 Å². The maximum absolute atomic E-state index is 12.8. The molecule has 25 heavy (non-hydrogen) atoms. The van der Waals surface area contributed by atoms with Crippen molar-refractivity contribution in [2.45, 2.75) is 45.1 Å². The van der Waals surface area contributed by atoms with Gasteiger partial charge in [-0.3, -0.25) is 14.5 Å². The SMILES string of the molecule is CC(C)NC(=O)CC1C(=O)NCCN1Cc1cccc(C(F)(F)F)c1. The Morgan fingerprint density at radius 1 is 1.40 bits per heavy atom. The molecule has 2 N–H and O–H groups in total. The number of hydrogen-bond donors (Lipinski definition) is 2. The van der Waals surface area contributed by atoms with Crippen LogP contribution < -0.4 is 10.6 Å². The topological polar surface area (TPSA) is 61.4 Å². The van der Waals surface area contributed by atoms with E-state index >= 15 is 0 Å². The van der Waals surface area contributed by atoms with Gasteiger partial charge >= 0.3 is 6.18 Å². The molecule has 138 valence electrons. The van der Waals surface area contributed by atoms with Crippen LogP contribution >= 0.6 is 0 Å². The van der Waals surface area contributed by atoms with E-state index in [1.165, 1.54) is 6.07 Å². The maximum Gasteiger partial charge on any atom is 0.416 e. The second kappa shape index (κ2) is 7.86. The number of piperazine rings is 1. The first-order chi connectivity index (χ1) is 11.7. The molecule has 1 aliphatic heterocycles. The van der Waals surface area contributed by atoms with E-state index in [0.717, 1.165) is 12.1 Å². The van der Waals surface area contributed by atoms with E-state index in [1.807, 2.05) is 13.8 Å². The van der Waals surface area contributed by atoms with E-state index in [-0.39, 0.29) is 30.8 Å². The molecule has 1 atom stereocenters. The molecule has 0 spiro atoms. The molecule has 5 nitrogen and oxygen atoms in total. The summed E-state index contributed by atoms with van der Waals surface area (Å²) in [6.45, 7) is 4.69. The molecule has 1 aromatic carbocycles. The first-order valence-electron chi connectivity index (χ1n) is 8.14. The molecule has 0 aromatic heterocycles. The summed E-state index contributed by atoms with van der Waals surface area (Å²) in [5.74, 6) is -0.539. The Kier molecular flexibility index (Phi) is 6.05. The minimum absolute atomic E-state index is 0.0248. The Labute approximate surface area is 144 Å². The molecule has 1 aliphatic rings. The van der Waals surface area contributed by atoms with Crippen LogP contribution in [0.3, 0.4) is 0 Å². The molecule has 0 saturated carbocycles. The molecule has 1 fully saturated rings. The second-order valence-corrected chi connectivity index (χ2v) is 6.40. The zero-order chi connectivity index (χ0) is 18.6. The van der Waals surface area contributed by atoms with Gasteiger partial charge in [0.2, 0.25) is 11.8 Å². The summed E-state index contributed by atoms with van der Waals surface area (Å²) >= 11 is 0. The lowest BCUT2D eigenvalue weighted by molar-refractivity contribution is -0.137. The zero-order valence-corrected chi connectivity index (χ0v) is 14.2. The molecule has 2 amide bonds. The molecule has 2 rings (SSSR count). The van der Waals surface area contributed by atoms with Crippen molar-refractivity contribution in [1.29, 1.82) is 0 Å². The number of rotatable bonds is 5. The summed E-state index contributed by atoms with van der Waals surface area (Å²) < 4.78 is 38.5. The number of carbonyl (C=O) groups is 2. The van der Waals surface area contributed by atoms with Crippen LogP contribution in [0, 0.1) is 0 Å². The first-order valence-corrected chi connectivity index (χ1v) is 8.14. The minimum Gasteiger partial charge on any atom is -0.354 e. The van der Waals surface area contributed by atoms with Gasteiger partial charge in [0.1, 0.15) is 0 Å². The van der Waals surface area contributed by atoms with Crippen LogP contribution in [0.4, 0.5) is 13.2 Å². The van der Waals surface area contributed by atoms with Crippen LogP contribution in [0.2, 0.25) is 0 Å². The average molecular weight is 357 g/mol. The van der Waals surface area contributed by atoms with Gasteiger partial charge in [-0.2, -0.15) is 13.2 Å². The molecular formula is C17H22F3N3O2. The van der Waals surface area contributed by atoms with E-state index in [1.54, 1.807) is 11.0 Å². The van der Waals surface area contributed by atoms with Gasteiger partial charge in [-0.05, 0) is 25.5 Å². The van der Waals surface area contributed by atoms with Crippen molar-refractivity contribution < 1.29 is 22.8 Å². The lowest BCUT2D eigenvalue weighted by Crippen LogP contribution is -2.56. The number of nitrogens with one attached hydrogen (secondary N) is 2. The summed E-state index contributed by atoms with van der Waals surface area (Å²) in [6, 6.07) is 4.30. The predicted octanol–water partition coefficient (Wildman–Crippen LogP) is 1.92. The molecular weight excluding hydrogens is 335 g/mol. The van der Waals surface area contributed by atoms with Crippen LogP contribution in [-0.4, -0.2) is 41.9 Å². The smallest absolute Gasteiger partial charge is 0.354 e. The number of hydrogen-bond acceptors (Lipinski definition) is 3. The molecule has 8 heteroatoms. The fraction of sp³-hybridized carbons (Fsp3) is 0.529. The third-order valence-electron chi connectivity index (χ3n) is 3.91. The quantitative estimate of drug-likeness (QED) is 0.846. The number of carbonyl (C=O) groups excluding carboxylic acids is 2. The lowest BCUT2D eigenvalue weighted by atomic mass is 10.0. The Morgan fingerprint density at radius 2 is 2.12 bits per heavy atom. The van der Waals surface area contributed by atoms with Crippen LogP contribution in [0.5, 0.6) is 0 Å². The summed E-state index contributed by atoms with van der Waals surface area (Å²) in [7, 11) is 0. The second-order valence-electron chi connectivity index (χ2n) is 6.40. The number of benzene rings is 1. The fourth-order valence-corrected chi connectivity index (χ4v) is 2.81. The Morgan fingerprint density at radius 3 is 2.76 bits per heavy atom. The Balaban J connectivity index is 2.12. The van der Waals surface area contributed by atoms with Gasteiger partial charge in [0.05, 0.1) is 18.0 Å². The zero-order valence-electron chi connectivity index (χ0n) is 14.2. The number of halogens is 3. The number of nitrogens with zero attached hydrogens (tertiary/aromatic N) is 1. The highest BCUT2D eigenvalue weighted by Gasteiger charge is 2.33. The normalized spacial score (nSPS) is 19.0. The van der Waals surface area contributed by atoms with Gasteiger partial charge in [-0.15, -0.1) is 0 Å². The lowest BCUT2D eigenvalue weighted by Gasteiger charge is -2.35. The molecule has 1 heterocycles. The number of amides is 2. The highest BCUT2D eigenvalue weighted by Crippen LogP contribution is 2.30. The van der Waals surface area contributed by atoms with E-state index in [0.29, 0.717) is 18.7 Å². The van der Waals surface area contributed by atoms with Crippen molar-refractivity contribution in [3.8, 4) is 0 Å². The molecule has 1 saturated heterocycles. The van der Waals surface area contributed by atoms with Crippen LogP contribution in [0.15, 0.2) is 24.3 Å². The van der Waals surface area contributed by atoms with Gasteiger partial charge < -0.3 is 10.6 Å². The summed E-state index contributed by atoms with van der Waals surface area (Å²) in [4.78, 5) is 25.9. The van der Waals surface area contributed by atoms with E-state index in [4.69, 9.17) is 0 Å². The molecule has 1 aromatic rings. The highest BCUT2D eigenvalue weighted by atomic mass is 19.4. The minimum atomic E-state index is -4.41.